The number of thiophene rings is 1. The van der Waals surface area contributed by atoms with Gasteiger partial charge in [-0.3, -0.25) is 19.1 Å². The molecule has 0 aromatic carbocycles. The minimum absolute atomic E-state index is 0.00979. The van der Waals surface area contributed by atoms with Crippen LogP contribution in [0, 0.1) is 6.92 Å². The number of carbonyl (C=O) groups excluding carboxylic acids is 1. The molecule has 0 unspecified atom stereocenters. The molecule has 26 heavy (non-hydrogen) atoms. The third kappa shape index (κ3) is 3.03. The van der Waals surface area contributed by atoms with Crippen molar-refractivity contribution in [3.05, 3.63) is 56.7 Å². The van der Waals surface area contributed by atoms with Crippen molar-refractivity contribution >= 4 is 27.5 Å². The second-order valence-electron chi connectivity index (χ2n) is 6.54. The average Bonchev–Trinajstić information content (AvgIpc) is 2.82. The highest BCUT2D eigenvalue weighted by molar-refractivity contribution is 7.20. The zero-order valence-corrected chi connectivity index (χ0v) is 15.4. The van der Waals surface area contributed by atoms with Crippen molar-refractivity contribution in [2.24, 2.45) is 0 Å². The summed E-state index contributed by atoms with van der Waals surface area (Å²) in [5.41, 5.74) is 1.51. The standard InChI is InChI=1S/C19H20N4O2S/c1-12-15-18(22-14-8-3-2-6-10-23(14)19(15)25)26-16(12)17(24)21-11-13-7-4-5-9-20-13/h4-5,7,9H,2-3,6,8,10-11H2,1H3,(H,21,24). The van der Waals surface area contributed by atoms with Crippen LogP contribution in [0.15, 0.2) is 29.2 Å². The van der Waals surface area contributed by atoms with Gasteiger partial charge in [0, 0.05) is 19.2 Å². The number of pyridine rings is 1. The molecule has 0 atom stereocenters. The van der Waals surface area contributed by atoms with Crippen LogP contribution < -0.4 is 10.9 Å². The maximum absolute atomic E-state index is 12.9. The van der Waals surface area contributed by atoms with E-state index in [4.69, 9.17) is 4.98 Å². The van der Waals surface area contributed by atoms with Crippen molar-refractivity contribution in [2.45, 2.75) is 45.7 Å². The molecule has 0 radical (unpaired) electrons. The van der Waals surface area contributed by atoms with Crippen molar-refractivity contribution in [1.29, 1.82) is 0 Å². The molecule has 0 saturated heterocycles. The lowest BCUT2D eigenvalue weighted by atomic mass is 10.2. The molecule has 0 aliphatic carbocycles. The summed E-state index contributed by atoms with van der Waals surface area (Å²) in [6.45, 7) is 2.91. The molecule has 7 heteroatoms. The van der Waals surface area contributed by atoms with Crippen LogP contribution in [0.3, 0.4) is 0 Å². The maximum atomic E-state index is 12.9. The van der Waals surface area contributed by atoms with E-state index >= 15 is 0 Å². The lowest BCUT2D eigenvalue weighted by Crippen LogP contribution is -2.25. The number of carbonyl (C=O) groups is 1. The van der Waals surface area contributed by atoms with E-state index in [1.165, 1.54) is 11.3 Å². The van der Waals surface area contributed by atoms with Crippen molar-refractivity contribution in [2.75, 3.05) is 0 Å². The summed E-state index contributed by atoms with van der Waals surface area (Å²) in [6, 6.07) is 5.59. The van der Waals surface area contributed by atoms with Gasteiger partial charge in [-0.05, 0) is 37.5 Å². The molecule has 3 aromatic rings. The topological polar surface area (TPSA) is 76.9 Å². The van der Waals surface area contributed by atoms with Crippen molar-refractivity contribution in [1.82, 2.24) is 19.9 Å². The summed E-state index contributed by atoms with van der Waals surface area (Å²) < 4.78 is 1.80. The van der Waals surface area contributed by atoms with Gasteiger partial charge in [-0.15, -0.1) is 11.3 Å². The molecule has 0 bridgehead atoms. The van der Waals surface area contributed by atoms with Crippen LogP contribution in [-0.2, 0) is 19.5 Å². The van der Waals surface area contributed by atoms with Crippen LogP contribution in [0.4, 0.5) is 0 Å². The number of hydrogen-bond acceptors (Lipinski definition) is 5. The molecule has 1 amide bonds. The van der Waals surface area contributed by atoms with Gasteiger partial charge in [0.2, 0.25) is 0 Å². The third-order valence-corrected chi connectivity index (χ3v) is 5.96. The second kappa shape index (κ2) is 6.99. The first-order chi connectivity index (χ1) is 12.6. The maximum Gasteiger partial charge on any atom is 0.262 e. The molecule has 4 heterocycles. The smallest absolute Gasteiger partial charge is 0.262 e. The van der Waals surface area contributed by atoms with E-state index < -0.39 is 0 Å². The summed E-state index contributed by atoms with van der Waals surface area (Å²) in [6.07, 6.45) is 5.70. The molecule has 0 spiro atoms. The Morgan fingerprint density at radius 2 is 2.19 bits per heavy atom. The summed E-state index contributed by atoms with van der Waals surface area (Å²) in [7, 11) is 0. The first-order valence-corrected chi connectivity index (χ1v) is 9.67. The van der Waals surface area contributed by atoms with Crippen LogP contribution in [0.1, 0.15) is 46.0 Å². The number of aryl methyl sites for hydroxylation is 2. The molecule has 1 aliphatic heterocycles. The van der Waals surface area contributed by atoms with E-state index in [-0.39, 0.29) is 11.5 Å². The van der Waals surface area contributed by atoms with Crippen molar-refractivity contribution < 1.29 is 4.79 Å². The SMILES string of the molecule is Cc1c(C(=O)NCc2ccccn2)sc2nc3n(c(=O)c12)CCCCC3. The Kier molecular flexibility index (Phi) is 4.55. The molecular weight excluding hydrogens is 348 g/mol. The first kappa shape index (κ1) is 16.9. The predicted molar refractivity (Wildman–Crippen MR) is 102 cm³/mol. The number of hydrogen-bond donors (Lipinski definition) is 1. The highest BCUT2D eigenvalue weighted by Crippen LogP contribution is 2.28. The fourth-order valence-corrected chi connectivity index (χ4v) is 4.49. The lowest BCUT2D eigenvalue weighted by molar-refractivity contribution is 0.0954. The van der Waals surface area contributed by atoms with Crippen molar-refractivity contribution in [3.63, 3.8) is 0 Å². The summed E-state index contributed by atoms with van der Waals surface area (Å²) in [5, 5.41) is 3.48. The van der Waals surface area contributed by atoms with Gasteiger partial charge >= 0.3 is 0 Å². The second-order valence-corrected chi connectivity index (χ2v) is 7.53. The highest BCUT2D eigenvalue weighted by atomic mass is 32.1. The van der Waals surface area contributed by atoms with Gasteiger partial charge in [-0.1, -0.05) is 12.5 Å². The van der Waals surface area contributed by atoms with E-state index in [9.17, 15) is 9.59 Å². The Bertz CT molecular complexity index is 1020. The number of nitrogens with one attached hydrogen (secondary N) is 1. The fraction of sp³-hybridized carbons (Fsp3) is 0.368. The van der Waals surface area contributed by atoms with Gasteiger partial charge in [-0.2, -0.15) is 0 Å². The zero-order chi connectivity index (χ0) is 18.1. The number of aromatic nitrogens is 3. The van der Waals surface area contributed by atoms with Crippen LogP contribution >= 0.6 is 11.3 Å². The number of rotatable bonds is 3. The van der Waals surface area contributed by atoms with Crippen LogP contribution in [0.2, 0.25) is 0 Å². The van der Waals surface area contributed by atoms with Gasteiger partial charge < -0.3 is 5.32 Å². The highest BCUT2D eigenvalue weighted by Gasteiger charge is 2.22. The molecule has 3 aromatic heterocycles. The van der Waals surface area contributed by atoms with E-state index in [0.717, 1.165) is 42.8 Å². The molecule has 4 rings (SSSR count). The number of amides is 1. The van der Waals surface area contributed by atoms with E-state index in [1.807, 2.05) is 25.1 Å². The predicted octanol–water partition coefficient (Wildman–Crippen LogP) is 2.82. The largest absolute Gasteiger partial charge is 0.346 e. The monoisotopic (exact) mass is 368 g/mol. The molecule has 0 saturated carbocycles. The first-order valence-electron chi connectivity index (χ1n) is 8.86. The quantitative estimate of drug-likeness (QED) is 0.771. The number of nitrogens with zero attached hydrogens (tertiary/aromatic N) is 3. The molecule has 1 N–H and O–H groups in total. The van der Waals surface area contributed by atoms with Gasteiger partial charge in [0.05, 0.1) is 22.5 Å². The molecule has 134 valence electrons. The van der Waals surface area contributed by atoms with E-state index in [0.29, 0.717) is 28.2 Å². The molecule has 1 aliphatic rings. The Hall–Kier alpha value is -2.54. The van der Waals surface area contributed by atoms with Crippen LogP contribution in [0.5, 0.6) is 0 Å². The summed E-state index contributed by atoms with van der Waals surface area (Å²) >= 11 is 1.30. The van der Waals surface area contributed by atoms with E-state index in [2.05, 4.69) is 10.3 Å². The minimum atomic E-state index is -0.184. The Balaban J connectivity index is 1.68. The van der Waals surface area contributed by atoms with Crippen LogP contribution in [-0.4, -0.2) is 20.4 Å². The summed E-state index contributed by atoms with van der Waals surface area (Å²) in [4.78, 5) is 35.7. The molecular formula is C19H20N4O2S. The Morgan fingerprint density at radius 3 is 3.00 bits per heavy atom. The molecule has 0 fully saturated rings. The van der Waals surface area contributed by atoms with E-state index in [1.54, 1.807) is 10.8 Å². The normalized spacial score (nSPS) is 14.0. The van der Waals surface area contributed by atoms with Gasteiger partial charge in [0.1, 0.15) is 10.7 Å². The van der Waals surface area contributed by atoms with Gasteiger partial charge in [0.15, 0.2) is 0 Å². The lowest BCUT2D eigenvalue weighted by Gasteiger charge is -2.08. The minimum Gasteiger partial charge on any atom is -0.346 e. The molecule has 6 nitrogen and oxygen atoms in total. The van der Waals surface area contributed by atoms with Gasteiger partial charge in [-0.25, -0.2) is 4.98 Å². The third-order valence-electron chi connectivity index (χ3n) is 4.77. The Labute approximate surface area is 154 Å². The van der Waals surface area contributed by atoms with Crippen LogP contribution in [0.25, 0.3) is 10.2 Å². The fourth-order valence-electron chi connectivity index (χ4n) is 3.38. The van der Waals surface area contributed by atoms with Crippen molar-refractivity contribution in [3.8, 4) is 0 Å². The average molecular weight is 368 g/mol. The zero-order valence-electron chi connectivity index (χ0n) is 14.6. The van der Waals surface area contributed by atoms with Gasteiger partial charge in [0.25, 0.3) is 11.5 Å². The number of fused-ring (bicyclic) bond motifs is 2. The Morgan fingerprint density at radius 1 is 1.31 bits per heavy atom. The summed E-state index contributed by atoms with van der Waals surface area (Å²) in [5.74, 6) is 0.664.